The lowest BCUT2D eigenvalue weighted by Gasteiger charge is -2.12. The van der Waals surface area contributed by atoms with Gasteiger partial charge in [0.1, 0.15) is 18.1 Å². The standard InChI is InChI=1S/C19H20N4O5/c1-12(17-10-20-22(3)13(17)2)21-19(24)18-9-8-16(28-18)11-27-15-6-4-14(5-7-15)23(25)26/h4-10,12H,11H2,1-3H3,(H,21,24). The van der Waals surface area contributed by atoms with E-state index in [1.165, 1.54) is 24.3 Å². The van der Waals surface area contributed by atoms with Crippen LogP contribution in [0.4, 0.5) is 5.69 Å². The van der Waals surface area contributed by atoms with Gasteiger partial charge in [-0.25, -0.2) is 0 Å². The van der Waals surface area contributed by atoms with E-state index in [1.54, 1.807) is 23.0 Å². The van der Waals surface area contributed by atoms with E-state index < -0.39 is 4.92 Å². The summed E-state index contributed by atoms with van der Waals surface area (Å²) in [5.74, 6) is 0.774. The van der Waals surface area contributed by atoms with Crippen molar-refractivity contribution in [2.24, 2.45) is 7.05 Å². The first-order valence-corrected chi connectivity index (χ1v) is 8.60. The highest BCUT2D eigenvalue weighted by Crippen LogP contribution is 2.20. The highest BCUT2D eigenvalue weighted by atomic mass is 16.6. The molecule has 0 radical (unpaired) electrons. The largest absolute Gasteiger partial charge is 0.486 e. The van der Waals surface area contributed by atoms with Crippen LogP contribution in [0.25, 0.3) is 0 Å². The number of furan rings is 1. The molecule has 0 aliphatic heterocycles. The molecule has 3 rings (SSSR count). The highest BCUT2D eigenvalue weighted by Gasteiger charge is 2.18. The molecule has 0 aliphatic rings. The summed E-state index contributed by atoms with van der Waals surface area (Å²) in [4.78, 5) is 22.6. The van der Waals surface area contributed by atoms with Gasteiger partial charge in [-0.15, -0.1) is 0 Å². The van der Waals surface area contributed by atoms with E-state index in [4.69, 9.17) is 9.15 Å². The third-order valence-electron chi connectivity index (χ3n) is 4.40. The van der Waals surface area contributed by atoms with Crippen LogP contribution in [0.5, 0.6) is 5.75 Å². The van der Waals surface area contributed by atoms with Crippen LogP contribution < -0.4 is 10.1 Å². The third kappa shape index (κ3) is 4.20. The fraction of sp³-hybridized carbons (Fsp3) is 0.263. The Labute approximate surface area is 161 Å². The first-order valence-electron chi connectivity index (χ1n) is 8.60. The van der Waals surface area contributed by atoms with E-state index in [-0.39, 0.29) is 30.0 Å². The molecule has 3 aromatic rings. The van der Waals surface area contributed by atoms with Crippen LogP contribution in [0.2, 0.25) is 0 Å². The number of hydrogen-bond donors (Lipinski definition) is 1. The predicted octanol–water partition coefficient (Wildman–Crippen LogP) is 3.30. The van der Waals surface area contributed by atoms with Crippen LogP contribution in [0.3, 0.4) is 0 Å². The van der Waals surface area contributed by atoms with Crippen molar-refractivity contribution in [3.8, 4) is 5.75 Å². The zero-order valence-corrected chi connectivity index (χ0v) is 15.7. The van der Waals surface area contributed by atoms with Crippen molar-refractivity contribution in [1.82, 2.24) is 15.1 Å². The molecular formula is C19H20N4O5. The predicted molar refractivity (Wildman–Crippen MR) is 100.0 cm³/mol. The SMILES string of the molecule is Cc1c(C(C)NC(=O)c2ccc(COc3ccc([N+](=O)[O-])cc3)o2)cnn1C. The Morgan fingerprint density at radius 2 is 2.04 bits per heavy atom. The topological polar surface area (TPSA) is 112 Å². The van der Waals surface area contributed by atoms with Gasteiger partial charge in [-0.3, -0.25) is 19.6 Å². The van der Waals surface area contributed by atoms with Gasteiger partial charge in [-0.1, -0.05) is 0 Å². The zero-order chi connectivity index (χ0) is 20.3. The van der Waals surface area contributed by atoms with Crippen LogP contribution in [0.1, 0.15) is 40.5 Å². The number of nitrogens with one attached hydrogen (secondary N) is 1. The number of carbonyl (C=O) groups is 1. The van der Waals surface area contributed by atoms with E-state index in [2.05, 4.69) is 10.4 Å². The second-order valence-corrected chi connectivity index (χ2v) is 6.31. The maximum absolute atomic E-state index is 12.4. The van der Waals surface area contributed by atoms with Crippen molar-refractivity contribution >= 4 is 11.6 Å². The number of nitrogens with zero attached hydrogens (tertiary/aromatic N) is 3. The first-order chi connectivity index (χ1) is 13.3. The molecule has 1 amide bonds. The number of nitro benzene ring substituents is 1. The van der Waals surface area contributed by atoms with Gasteiger partial charge in [0.25, 0.3) is 11.6 Å². The van der Waals surface area contributed by atoms with Crippen LogP contribution in [0.15, 0.2) is 47.0 Å². The maximum Gasteiger partial charge on any atom is 0.287 e. The highest BCUT2D eigenvalue weighted by molar-refractivity contribution is 5.91. The molecule has 0 spiro atoms. The van der Waals surface area contributed by atoms with Gasteiger partial charge in [-0.05, 0) is 38.1 Å². The van der Waals surface area contributed by atoms with Crippen molar-refractivity contribution in [1.29, 1.82) is 0 Å². The van der Waals surface area contributed by atoms with Crippen LogP contribution in [-0.4, -0.2) is 20.6 Å². The zero-order valence-electron chi connectivity index (χ0n) is 15.7. The lowest BCUT2D eigenvalue weighted by Crippen LogP contribution is -2.26. The van der Waals surface area contributed by atoms with Crippen molar-refractivity contribution in [3.63, 3.8) is 0 Å². The Morgan fingerprint density at radius 1 is 1.32 bits per heavy atom. The first kappa shape index (κ1) is 19.2. The van der Waals surface area contributed by atoms with Gasteiger partial charge in [-0.2, -0.15) is 5.10 Å². The average Bonchev–Trinajstić information content (AvgIpc) is 3.28. The summed E-state index contributed by atoms with van der Waals surface area (Å²) in [7, 11) is 1.84. The Kier molecular flexibility index (Phi) is 5.44. The molecule has 0 saturated carbocycles. The Morgan fingerprint density at radius 3 is 2.64 bits per heavy atom. The van der Waals surface area contributed by atoms with Gasteiger partial charge < -0.3 is 14.5 Å². The minimum Gasteiger partial charge on any atom is -0.486 e. The van der Waals surface area contributed by atoms with Gasteiger partial charge in [0, 0.05) is 30.4 Å². The summed E-state index contributed by atoms with van der Waals surface area (Å²) in [6.45, 7) is 3.91. The summed E-state index contributed by atoms with van der Waals surface area (Å²) < 4.78 is 12.8. The Balaban J connectivity index is 1.57. The van der Waals surface area contributed by atoms with E-state index in [0.29, 0.717) is 11.5 Å². The molecule has 1 aromatic carbocycles. The quantitative estimate of drug-likeness (QED) is 0.494. The Hall–Kier alpha value is -3.62. The van der Waals surface area contributed by atoms with Gasteiger partial charge in [0.15, 0.2) is 5.76 Å². The molecule has 1 atom stereocenters. The normalized spacial score (nSPS) is 11.8. The van der Waals surface area contributed by atoms with Gasteiger partial charge in [0.05, 0.1) is 17.2 Å². The number of benzene rings is 1. The van der Waals surface area contributed by atoms with Crippen LogP contribution >= 0.6 is 0 Å². The number of nitro groups is 1. The third-order valence-corrected chi connectivity index (χ3v) is 4.40. The molecule has 9 nitrogen and oxygen atoms in total. The van der Waals surface area contributed by atoms with Crippen molar-refractivity contribution in [2.75, 3.05) is 0 Å². The number of ether oxygens (including phenoxy) is 1. The monoisotopic (exact) mass is 384 g/mol. The summed E-state index contributed by atoms with van der Waals surface area (Å²) in [6, 6.07) is 8.74. The fourth-order valence-corrected chi connectivity index (χ4v) is 2.68. The van der Waals surface area contributed by atoms with E-state index in [0.717, 1.165) is 11.3 Å². The number of rotatable bonds is 7. The summed E-state index contributed by atoms with van der Waals surface area (Å²) in [5.41, 5.74) is 1.90. The maximum atomic E-state index is 12.4. The van der Waals surface area contributed by atoms with Crippen molar-refractivity contribution in [2.45, 2.75) is 26.5 Å². The smallest absolute Gasteiger partial charge is 0.287 e. The molecule has 0 saturated heterocycles. The number of carbonyl (C=O) groups excluding carboxylic acids is 1. The number of aryl methyl sites for hydroxylation is 1. The molecule has 0 aliphatic carbocycles. The minimum atomic E-state index is -0.477. The average molecular weight is 384 g/mol. The van der Waals surface area contributed by atoms with Crippen molar-refractivity contribution < 1.29 is 18.9 Å². The number of non-ortho nitro benzene ring substituents is 1. The minimum absolute atomic E-state index is 0.0118. The second-order valence-electron chi connectivity index (χ2n) is 6.31. The van der Waals surface area contributed by atoms with Crippen LogP contribution in [-0.2, 0) is 13.7 Å². The van der Waals surface area contributed by atoms with Gasteiger partial charge >= 0.3 is 0 Å². The summed E-state index contributed by atoms with van der Waals surface area (Å²) in [5, 5.41) is 17.7. The lowest BCUT2D eigenvalue weighted by atomic mass is 10.1. The molecule has 0 fully saturated rings. The Bertz CT molecular complexity index is 990. The van der Waals surface area contributed by atoms with Gasteiger partial charge in [0.2, 0.25) is 0 Å². The fourth-order valence-electron chi connectivity index (χ4n) is 2.68. The van der Waals surface area contributed by atoms with Crippen molar-refractivity contribution in [3.05, 3.63) is 75.5 Å². The van der Waals surface area contributed by atoms with E-state index >= 15 is 0 Å². The lowest BCUT2D eigenvalue weighted by molar-refractivity contribution is -0.384. The van der Waals surface area contributed by atoms with E-state index in [9.17, 15) is 14.9 Å². The summed E-state index contributed by atoms with van der Waals surface area (Å²) >= 11 is 0. The second kappa shape index (κ2) is 7.95. The molecular weight excluding hydrogens is 364 g/mol. The molecule has 146 valence electrons. The molecule has 28 heavy (non-hydrogen) atoms. The number of hydrogen-bond acceptors (Lipinski definition) is 6. The molecule has 2 aromatic heterocycles. The molecule has 2 heterocycles. The van der Waals surface area contributed by atoms with Crippen LogP contribution in [0, 0.1) is 17.0 Å². The molecule has 0 bridgehead atoms. The molecule has 1 N–H and O–H groups in total. The van der Waals surface area contributed by atoms with E-state index in [1.807, 2.05) is 20.9 Å². The summed E-state index contributed by atoms with van der Waals surface area (Å²) in [6.07, 6.45) is 1.73. The number of aromatic nitrogens is 2. The number of amides is 1. The molecule has 9 heteroatoms. The molecule has 1 unspecified atom stereocenters.